The number of nitrogens with zero attached hydrogens (tertiary/aromatic N) is 3. The van der Waals surface area contributed by atoms with E-state index in [9.17, 15) is 5.11 Å². The predicted molar refractivity (Wildman–Crippen MR) is 77.9 cm³/mol. The summed E-state index contributed by atoms with van der Waals surface area (Å²) in [6.07, 6.45) is 1.43. The Hall–Kier alpha value is -1.20. The topological polar surface area (TPSA) is 50.9 Å². The molecule has 0 radical (unpaired) electrons. The molecule has 0 aliphatic rings. The van der Waals surface area contributed by atoms with Crippen molar-refractivity contribution in [2.75, 3.05) is 0 Å². The van der Waals surface area contributed by atoms with Crippen molar-refractivity contribution >= 4 is 15.9 Å². The van der Waals surface area contributed by atoms with Crippen molar-refractivity contribution in [2.45, 2.75) is 39.3 Å². The zero-order valence-electron chi connectivity index (χ0n) is 11.3. The van der Waals surface area contributed by atoms with Gasteiger partial charge in [-0.25, -0.2) is 9.67 Å². The van der Waals surface area contributed by atoms with Crippen LogP contribution in [0.1, 0.15) is 42.9 Å². The summed E-state index contributed by atoms with van der Waals surface area (Å²) in [5.74, 6) is 0.805. The van der Waals surface area contributed by atoms with Crippen molar-refractivity contribution in [1.29, 1.82) is 0 Å². The lowest BCUT2D eigenvalue weighted by atomic mass is 10.0. The minimum atomic E-state index is -0.571. The molecule has 0 aliphatic carbocycles. The first-order chi connectivity index (χ1) is 8.99. The molecule has 0 bridgehead atoms. The molecule has 2 aromatic rings. The number of aliphatic hydroxyl groups excluding tert-OH is 1. The summed E-state index contributed by atoms with van der Waals surface area (Å²) in [4.78, 5) is 4.22. The molecule has 0 aliphatic heterocycles. The molecule has 0 spiro atoms. The van der Waals surface area contributed by atoms with Gasteiger partial charge in [-0.2, -0.15) is 5.10 Å². The standard InChI is InChI=1S/C14H18BrN3O/c1-9(2)18-14(16-8-17-18)7-13(19)11-5-4-10(3)12(15)6-11/h4-6,8-9,13,19H,7H2,1-3H3. The van der Waals surface area contributed by atoms with Crippen LogP contribution in [0.4, 0.5) is 0 Å². The molecule has 0 saturated carbocycles. The van der Waals surface area contributed by atoms with Crippen LogP contribution in [0.25, 0.3) is 0 Å². The van der Waals surface area contributed by atoms with Gasteiger partial charge in [-0.3, -0.25) is 0 Å². The Labute approximate surface area is 121 Å². The summed E-state index contributed by atoms with van der Waals surface area (Å²) in [5.41, 5.74) is 2.04. The lowest BCUT2D eigenvalue weighted by Gasteiger charge is -2.14. The smallest absolute Gasteiger partial charge is 0.138 e. The molecule has 4 nitrogen and oxygen atoms in total. The highest BCUT2D eigenvalue weighted by atomic mass is 79.9. The van der Waals surface area contributed by atoms with Crippen LogP contribution in [0.2, 0.25) is 0 Å². The van der Waals surface area contributed by atoms with Gasteiger partial charge in [0.05, 0.1) is 6.10 Å². The van der Waals surface area contributed by atoms with E-state index in [0.717, 1.165) is 21.4 Å². The largest absolute Gasteiger partial charge is 0.388 e. The van der Waals surface area contributed by atoms with Crippen molar-refractivity contribution in [3.8, 4) is 0 Å². The predicted octanol–water partition coefficient (Wildman–Crippen LogP) is 3.21. The molecule has 1 N–H and O–H groups in total. The molecule has 5 heteroatoms. The van der Waals surface area contributed by atoms with Gasteiger partial charge in [0.2, 0.25) is 0 Å². The van der Waals surface area contributed by atoms with Crippen LogP contribution in [-0.2, 0) is 6.42 Å². The van der Waals surface area contributed by atoms with E-state index in [2.05, 4.69) is 26.0 Å². The molecular formula is C14H18BrN3O. The van der Waals surface area contributed by atoms with Crippen molar-refractivity contribution < 1.29 is 5.11 Å². The molecule has 0 saturated heterocycles. The first-order valence-electron chi connectivity index (χ1n) is 6.31. The molecule has 102 valence electrons. The first-order valence-corrected chi connectivity index (χ1v) is 7.11. The molecule has 2 rings (SSSR count). The maximum absolute atomic E-state index is 10.3. The fourth-order valence-corrected chi connectivity index (χ4v) is 2.36. The summed E-state index contributed by atoms with van der Waals surface area (Å²) >= 11 is 3.49. The van der Waals surface area contributed by atoms with Gasteiger partial charge in [0.1, 0.15) is 12.2 Å². The molecule has 1 aromatic carbocycles. The van der Waals surface area contributed by atoms with E-state index in [1.807, 2.05) is 43.7 Å². The van der Waals surface area contributed by atoms with Crippen LogP contribution >= 0.6 is 15.9 Å². The van der Waals surface area contributed by atoms with E-state index in [1.165, 1.54) is 6.33 Å². The zero-order valence-corrected chi connectivity index (χ0v) is 12.9. The Kier molecular flexibility index (Phi) is 4.37. The number of hydrogen-bond acceptors (Lipinski definition) is 3. The zero-order chi connectivity index (χ0) is 14.0. The first kappa shape index (κ1) is 14.2. The Balaban J connectivity index is 2.18. The Morgan fingerprint density at radius 1 is 1.37 bits per heavy atom. The second kappa shape index (κ2) is 5.84. The summed E-state index contributed by atoms with van der Waals surface area (Å²) < 4.78 is 2.85. The molecule has 1 aromatic heterocycles. The molecule has 1 atom stereocenters. The van der Waals surface area contributed by atoms with Gasteiger partial charge in [0.25, 0.3) is 0 Å². The quantitative estimate of drug-likeness (QED) is 0.939. The Bertz CT molecular complexity index is 566. The second-order valence-electron chi connectivity index (χ2n) is 4.94. The van der Waals surface area contributed by atoms with E-state index in [0.29, 0.717) is 6.42 Å². The van der Waals surface area contributed by atoms with Crippen LogP contribution in [-0.4, -0.2) is 19.9 Å². The third-order valence-corrected chi connectivity index (χ3v) is 3.95. The lowest BCUT2D eigenvalue weighted by Crippen LogP contribution is -2.12. The summed E-state index contributed by atoms with van der Waals surface area (Å²) in [5, 5.41) is 14.5. The highest BCUT2D eigenvalue weighted by Gasteiger charge is 2.15. The molecular weight excluding hydrogens is 306 g/mol. The molecule has 0 fully saturated rings. The van der Waals surface area contributed by atoms with E-state index >= 15 is 0 Å². The SMILES string of the molecule is Cc1ccc(C(O)Cc2ncnn2C(C)C)cc1Br. The van der Waals surface area contributed by atoms with E-state index in [1.54, 1.807) is 0 Å². The fraction of sp³-hybridized carbons (Fsp3) is 0.429. The van der Waals surface area contributed by atoms with E-state index < -0.39 is 6.10 Å². The number of aliphatic hydroxyl groups is 1. The number of rotatable bonds is 4. The highest BCUT2D eigenvalue weighted by Crippen LogP contribution is 2.24. The van der Waals surface area contributed by atoms with Crippen molar-refractivity contribution in [1.82, 2.24) is 14.8 Å². The third-order valence-electron chi connectivity index (χ3n) is 3.09. The van der Waals surface area contributed by atoms with Crippen molar-refractivity contribution in [3.63, 3.8) is 0 Å². The number of aromatic nitrogens is 3. The van der Waals surface area contributed by atoms with Crippen LogP contribution in [0.3, 0.4) is 0 Å². The second-order valence-corrected chi connectivity index (χ2v) is 5.80. The Morgan fingerprint density at radius 3 is 2.74 bits per heavy atom. The molecule has 1 heterocycles. The van der Waals surface area contributed by atoms with Gasteiger partial charge in [-0.1, -0.05) is 28.1 Å². The monoisotopic (exact) mass is 323 g/mol. The normalized spacial score (nSPS) is 12.9. The van der Waals surface area contributed by atoms with Crippen LogP contribution in [0, 0.1) is 6.92 Å². The van der Waals surface area contributed by atoms with Gasteiger partial charge in [-0.05, 0) is 38.0 Å². The number of hydrogen-bond donors (Lipinski definition) is 1. The number of aryl methyl sites for hydroxylation is 1. The molecule has 19 heavy (non-hydrogen) atoms. The molecule has 1 unspecified atom stereocenters. The van der Waals surface area contributed by atoms with Crippen molar-refractivity contribution in [3.05, 3.63) is 46.0 Å². The fourth-order valence-electron chi connectivity index (χ4n) is 1.96. The van der Waals surface area contributed by atoms with Gasteiger partial charge in [-0.15, -0.1) is 0 Å². The minimum absolute atomic E-state index is 0.245. The van der Waals surface area contributed by atoms with Crippen LogP contribution in [0.15, 0.2) is 29.0 Å². The van der Waals surface area contributed by atoms with Gasteiger partial charge < -0.3 is 5.11 Å². The van der Waals surface area contributed by atoms with E-state index in [-0.39, 0.29) is 6.04 Å². The van der Waals surface area contributed by atoms with Crippen molar-refractivity contribution in [2.24, 2.45) is 0 Å². The highest BCUT2D eigenvalue weighted by molar-refractivity contribution is 9.10. The maximum atomic E-state index is 10.3. The van der Waals surface area contributed by atoms with Gasteiger partial charge in [0.15, 0.2) is 0 Å². The minimum Gasteiger partial charge on any atom is -0.388 e. The Morgan fingerprint density at radius 2 is 2.11 bits per heavy atom. The summed E-state index contributed by atoms with van der Waals surface area (Å²) in [6.45, 7) is 6.12. The van der Waals surface area contributed by atoms with Crippen LogP contribution in [0.5, 0.6) is 0 Å². The average Bonchev–Trinajstić information content (AvgIpc) is 2.80. The molecule has 0 amide bonds. The average molecular weight is 324 g/mol. The van der Waals surface area contributed by atoms with Gasteiger partial charge in [0, 0.05) is 16.9 Å². The summed E-state index contributed by atoms with van der Waals surface area (Å²) in [7, 11) is 0. The maximum Gasteiger partial charge on any atom is 0.138 e. The van der Waals surface area contributed by atoms with E-state index in [4.69, 9.17) is 0 Å². The number of halogens is 1. The van der Waals surface area contributed by atoms with Gasteiger partial charge >= 0.3 is 0 Å². The summed E-state index contributed by atoms with van der Waals surface area (Å²) in [6, 6.07) is 6.14. The third kappa shape index (κ3) is 3.22. The number of benzene rings is 1. The van der Waals surface area contributed by atoms with Crippen LogP contribution < -0.4 is 0 Å². The lowest BCUT2D eigenvalue weighted by molar-refractivity contribution is 0.173.